The van der Waals surface area contributed by atoms with Crippen LogP contribution in [0.5, 0.6) is 11.5 Å². The van der Waals surface area contributed by atoms with Crippen molar-refractivity contribution in [2.75, 3.05) is 14.2 Å². The van der Waals surface area contributed by atoms with Gasteiger partial charge in [-0.05, 0) is 24.3 Å². The molecule has 0 saturated carbocycles. The van der Waals surface area contributed by atoms with E-state index in [2.05, 4.69) is 0 Å². The molecule has 0 amide bonds. The van der Waals surface area contributed by atoms with Crippen molar-refractivity contribution in [3.63, 3.8) is 0 Å². The van der Waals surface area contributed by atoms with Crippen LogP contribution in [0.4, 0.5) is 4.39 Å². The van der Waals surface area contributed by atoms with Crippen molar-refractivity contribution < 1.29 is 23.4 Å². The first-order valence-corrected chi connectivity index (χ1v) is 6.76. The Labute approximate surface area is 132 Å². The number of benzene rings is 2. The second kappa shape index (κ2) is 7.13. The minimum absolute atomic E-state index is 0.0682. The Hall–Kier alpha value is -2.27. The second-order valence-corrected chi connectivity index (χ2v) is 4.79. The quantitative estimate of drug-likeness (QED) is 0.784. The molecule has 0 aliphatic carbocycles. The number of carbonyl (C=O) groups is 1. The highest BCUT2D eigenvalue weighted by atomic mass is 35.5. The minimum Gasteiger partial charge on any atom is -0.493 e. The molecule has 0 N–H and O–H groups in total. The number of hydrogen-bond acceptors (Lipinski definition) is 4. The van der Waals surface area contributed by atoms with Crippen molar-refractivity contribution in [2.24, 2.45) is 0 Å². The summed E-state index contributed by atoms with van der Waals surface area (Å²) in [7, 11) is 3.00. The van der Waals surface area contributed by atoms with Gasteiger partial charge < -0.3 is 14.2 Å². The van der Waals surface area contributed by atoms with Gasteiger partial charge in [-0.25, -0.2) is 9.18 Å². The largest absolute Gasteiger partial charge is 0.493 e. The molecule has 2 rings (SSSR count). The maximum atomic E-state index is 13.7. The van der Waals surface area contributed by atoms with Crippen molar-refractivity contribution in [2.45, 2.75) is 6.61 Å². The van der Waals surface area contributed by atoms with Crippen LogP contribution >= 0.6 is 11.6 Å². The number of ether oxygens (including phenoxy) is 3. The first kappa shape index (κ1) is 16.1. The Morgan fingerprint density at radius 2 is 1.95 bits per heavy atom. The summed E-state index contributed by atoms with van der Waals surface area (Å²) in [5.41, 5.74) is 0.441. The van der Waals surface area contributed by atoms with E-state index in [0.29, 0.717) is 17.1 Å². The zero-order valence-corrected chi connectivity index (χ0v) is 12.8. The summed E-state index contributed by atoms with van der Waals surface area (Å²) in [5, 5.41) is 0.212. The Kier molecular flexibility index (Phi) is 5.22. The van der Waals surface area contributed by atoms with Crippen molar-refractivity contribution in [1.29, 1.82) is 0 Å². The Morgan fingerprint density at radius 3 is 2.59 bits per heavy atom. The Morgan fingerprint density at radius 1 is 1.18 bits per heavy atom. The SMILES string of the molecule is COc1cccc(COC(=O)c2ccc(Cl)cc2F)c1OC. The normalized spacial score (nSPS) is 10.2. The van der Waals surface area contributed by atoms with E-state index >= 15 is 0 Å². The van der Waals surface area contributed by atoms with Gasteiger partial charge in [0.2, 0.25) is 0 Å². The molecule has 0 unspecified atom stereocenters. The van der Waals surface area contributed by atoms with Crippen molar-refractivity contribution in [1.82, 2.24) is 0 Å². The molecule has 0 radical (unpaired) electrons. The smallest absolute Gasteiger partial charge is 0.341 e. The minimum atomic E-state index is -0.779. The van der Waals surface area contributed by atoms with Gasteiger partial charge in [-0.15, -0.1) is 0 Å². The fourth-order valence-corrected chi connectivity index (χ4v) is 2.10. The van der Waals surface area contributed by atoms with Gasteiger partial charge in [-0.3, -0.25) is 0 Å². The summed E-state index contributed by atoms with van der Waals surface area (Å²) in [6.45, 7) is -0.0682. The van der Waals surface area contributed by atoms with Crippen LogP contribution in [0.15, 0.2) is 36.4 Å². The van der Waals surface area contributed by atoms with Crippen LogP contribution in [-0.4, -0.2) is 20.2 Å². The molecule has 2 aromatic carbocycles. The van der Waals surface area contributed by atoms with E-state index in [1.54, 1.807) is 18.2 Å². The molecule has 0 heterocycles. The van der Waals surface area contributed by atoms with E-state index in [1.165, 1.54) is 26.4 Å². The number of rotatable bonds is 5. The molecule has 0 atom stereocenters. The van der Waals surface area contributed by atoms with Gasteiger partial charge in [0.1, 0.15) is 12.4 Å². The highest BCUT2D eigenvalue weighted by Crippen LogP contribution is 2.31. The van der Waals surface area contributed by atoms with E-state index in [0.717, 1.165) is 6.07 Å². The zero-order valence-electron chi connectivity index (χ0n) is 12.1. The number of halogens is 2. The summed E-state index contributed by atoms with van der Waals surface area (Å²) < 4.78 is 29.2. The predicted molar refractivity (Wildman–Crippen MR) is 80.1 cm³/mol. The predicted octanol–water partition coefficient (Wildman–Crippen LogP) is 3.85. The molecular formula is C16H14ClFO4. The summed E-state index contributed by atoms with van der Waals surface area (Å²) in [6.07, 6.45) is 0. The summed E-state index contributed by atoms with van der Waals surface area (Å²) in [4.78, 5) is 11.9. The molecular weight excluding hydrogens is 311 g/mol. The second-order valence-electron chi connectivity index (χ2n) is 4.35. The average molecular weight is 325 g/mol. The number of hydrogen-bond donors (Lipinski definition) is 0. The highest BCUT2D eigenvalue weighted by molar-refractivity contribution is 6.30. The first-order chi connectivity index (χ1) is 10.6. The van der Waals surface area contributed by atoms with Crippen molar-refractivity contribution in [3.05, 3.63) is 58.4 Å². The maximum absolute atomic E-state index is 13.7. The first-order valence-electron chi connectivity index (χ1n) is 6.39. The molecule has 116 valence electrons. The van der Waals surface area contributed by atoms with E-state index in [1.807, 2.05) is 0 Å². The molecule has 0 aromatic heterocycles. The lowest BCUT2D eigenvalue weighted by molar-refractivity contribution is 0.0464. The van der Waals surface area contributed by atoms with Crippen LogP contribution < -0.4 is 9.47 Å². The molecule has 0 aliphatic heterocycles. The van der Waals surface area contributed by atoms with Crippen LogP contribution in [-0.2, 0) is 11.3 Å². The third-order valence-corrected chi connectivity index (χ3v) is 3.23. The standard InChI is InChI=1S/C16H14ClFO4/c1-20-14-5-3-4-10(15(14)21-2)9-22-16(19)12-7-6-11(17)8-13(12)18/h3-8H,9H2,1-2H3. The number of esters is 1. The van der Waals surface area contributed by atoms with Crippen LogP contribution in [0.2, 0.25) is 5.02 Å². The van der Waals surface area contributed by atoms with Gasteiger partial charge in [0.15, 0.2) is 11.5 Å². The lowest BCUT2D eigenvalue weighted by atomic mass is 10.2. The van der Waals surface area contributed by atoms with Gasteiger partial charge in [-0.1, -0.05) is 23.7 Å². The molecule has 0 bridgehead atoms. The van der Waals surface area contributed by atoms with E-state index in [9.17, 15) is 9.18 Å². The fourth-order valence-electron chi connectivity index (χ4n) is 1.94. The highest BCUT2D eigenvalue weighted by Gasteiger charge is 2.16. The third-order valence-electron chi connectivity index (χ3n) is 2.99. The molecule has 0 aliphatic rings. The average Bonchev–Trinajstić information content (AvgIpc) is 2.51. The van der Waals surface area contributed by atoms with Crippen molar-refractivity contribution >= 4 is 17.6 Å². The Balaban J connectivity index is 2.14. The van der Waals surface area contributed by atoms with E-state index in [4.69, 9.17) is 25.8 Å². The number of methoxy groups -OCH3 is 2. The van der Waals surface area contributed by atoms with Gasteiger partial charge in [0.25, 0.3) is 0 Å². The molecule has 2 aromatic rings. The molecule has 0 spiro atoms. The van der Waals surface area contributed by atoms with E-state index < -0.39 is 11.8 Å². The third kappa shape index (κ3) is 3.49. The fraction of sp³-hybridized carbons (Fsp3) is 0.188. The monoisotopic (exact) mass is 324 g/mol. The lowest BCUT2D eigenvalue weighted by Gasteiger charge is -2.13. The van der Waals surface area contributed by atoms with Gasteiger partial charge in [-0.2, -0.15) is 0 Å². The number of para-hydroxylation sites is 1. The van der Waals surface area contributed by atoms with Crippen LogP contribution in [0, 0.1) is 5.82 Å². The molecule has 4 nitrogen and oxygen atoms in total. The topological polar surface area (TPSA) is 44.8 Å². The summed E-state index contributed by atoms with van der Waals surface area (Å²) >= 11 is 5.65. The van der Waals surface area contributed by atoms with Gasteiger partial charge >= 0.3 is 5.97 Å². The van der Waals surface area contributed by atoms with Gasteiger partial charge in [0, 0.05) is 10.6 Å². The zero-order chi connectivity index (χ0) is 16.1. The molecule has 6 heteroatoms. The number of carbonyl (C=O) groups excluding carboxylic acids is 1. The summed E-state index contributed by atoms with van der Waals surface area (Å²) in [5.74, 6) is -0.516. The molecule has 22 heavy (non-hydrogen) atoms. The van der Waals surface area contributed by atoms with Crippen LogP contribution in [0.25, 0.3) is 0 Å². The Bertz CT molecular complexity index is 688. The van der Waals surface area contributed by atoms with Crippen molar-refractivity contribution in [3.8, 4) is 11.5 Å². The maximum Gasteiger partial charge on any atom is 0.341 e. The van der Waals surface area contributed by atoms with E-state index in [-0.39, 0.29) is 17.2 Å². The lowest BCUT2D eigenvalue weighted by Crippen LogP contribution is -2.08. The summed E-state index contributed by atoms with van der Waals surface area (Å²) in [6, 6.07) is 8.96. The van der Waals surface area contributed by atoms with Crippen LogP contribution in [0.3, 0.4) is 0 Å². The molecule has 0 fully saturated rings. The van der Waals surface area contributed by atoms with Crippen LogP contribution in [0.1, 0.15) is 15.9 Å². The van der Waals surface area contributed by atoms with Gasteiger partial charge in [0.05, 0.1) is 19.8 Å². The molecule has 0 saturated heterocycles.